The number of benzene rings is 4. The van der Waals surface area contributed by atoms with Gasteiger partial charge in [-0.05, 0) is 64.1 Å². The predicted molar refractivity (Wildman–Crippen MR) is 133 cm³/mol. The van der Waals surface area contributed by atoms with Crippen molar-refractivity contribution in [3.8, 4) is 22.3 Å². The fourth-order valence-corrected chi connectivity index (χ4v) is 3.98. The van der Waals surface area contributed by atoms with Crippen LogP contribution < -0.4 is 5.32 Å². The van der Waals surface area contributed by atoms with Gasteiger partial charge in [-0.25, -0.2) is 0 Å². The number of hydrogen-bond donors (Lipinski definition) is 1. The summed E-state index contributed by atoms with van der Waals surface area (Å²) in [6.45, 7) is 6.77. The van der Waals surface area contributed by atoms with Crippen LogP contribution in [0, 0.1) is 0 Å². The molecule has 0 saturated heterocycles. The van der Waals surface area contributed by atoms with Crippen molar-refractivity contribution in [1.82, 2.24) is 0 Å². The van der Waals surface area contributed by atoms with E-state index in [-0.39, 0.29) is 5.41 Å². The molecule has 0 aromatic heterocycles. The van der Waals surface area contributed by atoms with Crippen molar-refractivity contribution >= 4 is 27.3 Å². The first-order valence-corrected chi connectivity index (χ1v) is 11.0. The van der Waals surface area contributed by atoms with Gasteiger partial charge in [-0.3, -0.25) is 0 Å². The van der Waals surface area contributed by atoms with E-state index in [0.717, 1.165) is 15.8 Å². The van der Waals surface area contributed by atoms with Gasteiger partial charge in [-0.2, -0.15) is 0 Å². The second kappa shape index (κ2) is 8.49. The molecule has 4 aromatic carbocycles. The first kappa shape index (κ1) is 20.4. The molecule has 4 aromatic rings. The smallest absolute Gasteiger partial charge is 0.0464 e. The maximum Gasteiger partial charge on any atom is 0.0464 e. The zero-order valence-electron chi connectivity index (χ0n) is 17.6. The van der Waals surface area contributed by atoms with Gasteiger partial charge in [0, 0.05) is 21.4 Å². The molecule has 4 rings (SSSR count). The summed E-state index contributed by atoms with van der Waals surface area (Å²) in [4.78, 5) is 0. The molecule has 150 valence electrons. The molecular formula is C28H26BrN. The van der Waals surface area contributed by atoms with Crippen molar-refractivity contribution < 1.29 is 0 Å². The second-order valence-corrected chi connectivity index (χ2v) is 9.51. The van der Waals surface area contributed by atoms with Crippen LogP contribution in [0.3, 0.4) is 0 Å². The highest BCUT2D eigenvalue weighted by atomic mass is 79.9. The molecule has 30 heavy (non-hydrogen) atoms. The van der Waals surface area contributed by atoms with Crippen molar-refractivity contribution in [1.29, 1.82) is 0 Å². The first-order chi connectivity index (χ1) is 14.4. The molecule has 2 heteroatoms. The van der Waals surface area contributed by atoms with Crippen LogP contribution in [0.25, 0.3) is 22.3 Å². The van der Waals surface area contributed by atoms with Gasteiger partial charge in [0.15, 0.2) is 0 Å². The molecule has 0 saturated carbocycles. The maximum atomic E-state index is 3.62. The van der Waals surface area contributed by atoms with Crippen molar-refractivity contribution in [2.24, 2.45) is 0 Å². The Kier molecular flexibility index (Phi) is 5.78. The summed E-state index contributed by atoms with van der Waals surface area (Å²) in [5, 5.41) is 3.62. The lowest BCUT2D eigenvalue weighted by molar-refractivity contribution is 0.590. The van der Waals surface area contributed by atoms with E-state index in [1.54, 1.807) is 0 Å². The molecule has 0 amide bonds. The molecule has 0 radical (unpaired) electrons. The molecule has 0 spiro atoms. The summed E-state index contributed by atoms with van der Waals surface area (Å²) in [5.74, 6) is 0. The Morgan fingerprint density at radius 2 is 1.33 bits per heavy atom. The van der Waals surface area contributed by atoms with Gasteiger partial charge >= 0.3 is 0 Å². The van der Waals surface area contributed by atoms with Crippen LogP contribution >= 0.6 is 15.9 Å². The molecular weight excluding hydrogens is 430 g/mol. The van der Waals surface area contributed by atoms with Crippen LogP contribution in [0.5, 0.6) is 0 Å². The second-order valence-electron chi connectivity index (χ2n) is 8.59. The normalized spacial score (nSPS) is 11.3. The summed E-state index contributed by atoms with van der Waals surface area (Å²) < 4.78 is 1.06. The lowest BCUT2D eigenvalue weighted by Gasteiger charge is -2.22. The van der Waals surface area contributed by atoms with Gasteiger partial charge in [0.25, 0.3) is 0 Å². The van der Waals surface area contributed by atoms with Crippen molar-refractivity contribution in [3.05, 3.63) is 107 Å². The predicted octanol–water partition coefficient (Wildman–Crippen LogP) is 8.82. The Hall–Kier alpha value is -2.84. The van der Waals surface area contributed by atoms with E-state index >= 15 is 0 Å². The lowest BCUT2D eigenvalue weighted by Crippen LogP contribution is -2.11. The molecule has 0 fully saturated rings. The highest BCUT2D eigenvalue weighted by Crippen LogP contribution is 2.36. The van der Waals surface area contributed by atoms with Crippen molar-refractivity contribution in [2.75, 3.05) is 5.32 Å². The average Bonchev–Trinajstić information content (AvgIpc) is 2.74. The quantitative estimate of drug-likeness (QED) is 0.323. The lowest BCUT2D eigenvalue weighted by atomic mass is 9.84. The van der Waals surface area contributed by atoms with Gasteiger partial charge < -0.3 is 5.32 Å². The molecule has 0 aliphatic carbocycles. The van der Waals surface area contributed by atoms with Gasteiger partial charge in [-0.1, -0.05) is 97.4 Å². The third-order valence-electron chi connectivity index (χ3n) is 5.27. The van der Waals surface area contributed by atoms with E-state index in [2.05, 4.69) is 127 Å². The first-order valence-electron chi connectivity index (χ1n) is 10.2. The van der Waals surface area contributed by atoms with Crippen LogP contribution in [-0.4, -0.2) is 0 Å². The standard InChI is InChI=1S/C28H26BrN/c1-28(2,3)23-15-16-27(30-25-14-8-13-24(29)19-25)26(18-23)22-12-7-11-21(17-22)20-9-5-4-6-10-20/h4-19,30H,1-3H3. The molecule has 0 aliphatic rings. The minimum absolute atomic E-state index is 0.0834. The Balaban J connectivity index is 1.82. The van der Waals surface area contributed by atoms with E-state index < -0.39 is 0 Å². The zero-order chi connectivity index (χ0) is 21.1. The largest absolute Gasteiger partial charge is 0.355 e. The van der Waals surface area contributed by atoms with E-state index in [4.69, 9.17) is 0 Å². The summed E-state index contributed by atoms with van der Waals surface area (Å²) in [6, 6.07) is 34.4. The molecule has 0 atom stereocenters. The molecule has 1 nitrogen and oxygen atoms in total. The number of hydrogen-bond acceptors (Lipinski definition) is 1. The fraction of sp³-hybridized carbons (Fsp3) is 0.143. The van der Waals surface area contributed by atoms with Crippen LogP contribution in [0.4, 0.5) is 11.4 Å². The SMILES string of the molecule is CC(C)(C)c1ccc(Nc2cccc(Br)c2)c(-c2cccc(-c3ccccc3)c2)c1. The van der Waals surface area contributed by atoms with Gasteiger partial charge in [0.1, 0.15) is 0 Å². The molecule has 0 bridgehead atoms. The Morgan fingerprint density at radius 3 is 2.07 bits per heavy atom. The third kappa shape index (κ3) is 4.66. The summed E-state index contributed by atoms with van der Waals surface area (Å²) in [6.07, 6.45) is 0. The monoisotopic (exact) mass is 455 g/mol. The molecule has 1 N–H and O–H groups in total. The van der Waals surface area contributed by atoms with Crippen LogP contribution in [0.1, 0.15) is 26.3 Å². The highest BCUT2D eigenvalue weighted by Gasteiger charge is 2.17. The zero-order valence-corrected chi connectivity index (χ0v) is 19.2. The van der Waals surface area contributed by atoms with Gasteiger partial charge in [-0.15, -0.1) is 0 Å². The number of halogens is 1. The molecule has 0 aliphatic heterocycles. The van der Waals surface area contributed by atoms with E-state index in [0.29, 0.717) is 0 Å². The summed E-state index contributed by atoms with van der Waals surface area (Å²) in [7, 11) is 0. The fourth-order valence-electron chi connectivity index (χ4n) is 3.58. The van der Waals surface area contributed by atoms with E-state index in [9.17, 15) is 0 Å². The Bertz CT molecular complexity index is 1160. The highest BCUT2D eigenvalue weighted by molar-refractivity contribution is 9.10. The maximum absolute atomic E-state index is 3.62. The van der Waals surface area contributed by atoms with Crippen molar-refractivity contribution in [2.45, 2.75) is 26.2 Å². The minimum atomic E-state index is 0.0834. The minimum Gasteiger partial charge on any atom is -0.355 e. The Morgan fingerprint density at radius 1 is 0.633 bits per heavy atom. The Labute approximate surface area is 187 Å². The van der Waals surface area contributed by atoms with Crippen molar-refractivity contribution in [3.63, 3.8) is 0 Å². The number of nitrogens with one attached hydrogen (secondary N) is 1. The topological polar surface area (TPSA) is 12.0 Å². The van der Waals surface area contributed by atoms with Gasteiger partial charge in [0.05, 0.1) is 0 Å². The number of anilines is 2. The molecule has 0 unspecified atom stereocenters. The van der Waals surface area contributed by atoms with E-state index in [1.165, 1.54) is 27.8 Å². The van der Waals surface area contributed by atoms with Crippen LogP contribution in [0.2, 0.25) is 0 Å². The number of rotatable bonds is 4. The summed E-state index contributed by atoms with van der Waals surface area (Å²) in [5.41, 5.74) is 8.44. The van der Waals surface area contributed by atoms with Gasteiger partial charge in [0.2, 0.25) is 0 Å². The molecule has 0 heterocycles. The summed E-state index contributed by atoms with van der Waals surface area (Å²) >= 11 is 3.57. The average molecular weight is 456 g/mol. The third-order valence-corrected chi connectivity index (χ3v) is 5.76. The van der Waals surface area contributed by atoms with E-state index in [1.807, 2.05) is 12.1 Å². The van der Waals surface area contributed by atoms with Crippen LogP contribution in [0.15, 0.2) is 102 Å². The van der Waals surface area contributed by atoms with Crippen LogP contribution in [-0.2, 0) is 5.41 Å².